The zero-order chi connectivity index (χ0) is 15.1. The van der Waals surface area contributed by atoms with Crippen LogP contribution < -0.4 is 5.32 Å². The zero-order valence-corrected chi connectivity index (χ0v) is 12.9. The molecule has 0 aromatic carbocycles. The Morgan fingerprint density at radius 2 is 2.05 bits per heavy atom. The van der Waals surface area contributed by atoms with Crippen molar-refractivity contribution in [3.63, 3.8) is 0 Å². The molecule has 1 heterocycles. The van der Waals surface area contributed by atoms with Gasteiger partial charge < -0.3 is 15.3 Å². The first-order valence-corrected chi connectivity index (χ1v) is 7.75. The van der Waals surface area contributed by atoms with Crippen LogP contribution in [0, 0.1) is 17.8 Å². The number of carboxylic acid groups (broad SMARTS) is 1. The number of urea groups is 1. The highest BCUT2D eigenvalue weighted by atomic mass is 16.4. The number of nitrogens with zero attached hydrogens (tertiary/aromatic N) is 1. The molecule has 5 nitrogen and oxygen atoms in total. The average Bonchev–Trinajstić information content (AvgIpc) is 2.81. The number of aliphatic carboxylic acids is 1. The van der Waals surface area contributed by atoms with Gasteiger partial charge in [-0.3, -0.25) is 4.79 Å². The van der Waals surface area contributed by atoms with E-state index in [4.69, 9.17) is 5.11 Å². The van der Waals surface area contributed by atoms with Crippen molar-refractivity contribution in [2.75, 3.05) is 19.6 Å². The van der Waals surface area contributed by atoms with Crippen molar-refractivity contribution in [2.45, 2.75) is 46.5 Å². The third-order valence-corrected chi connectivity index (χ3v) is 4.30. The molecule has 0 aromatic rings. The fourth-order valence-electron chi connectivity index (χ4n) is 2.74. The van der Waals surface area contributed by atoms with Gasteiger partial charge in [0.25, 0.3) is 0 Å². The molecule has 116 valence electrons. The lowest BCUT2D eigenvalue weighted by Gasteiger charge is -2.20. The average molecular weight is 284 g/mol. The van der Waals surface area contributed by atoms with Crippen molar-refractivity contribution < 1.29 is 14.7 Å². The minimum atomic E-state index is -0.804. The Morgan fingerprint density at radius 3 is 2.55 bits per heavy atom. The standard InChI is InChI=1S/C15H28N2O3/c1-4-6-7-12(5-2)8-16-15(20)17-9-11(3)13(10-17)14(18)19/h11-13H,4-10H2,1-3H3,(H,16,20)(H,18,19)/t11-,12?,13-/m1/s1. The first-order valence-electron chi connectivity index (χ1n) is 7.75. The maximum Gasteiger partial charge on any atom is 0.317 e. The SMILES string of the molecule is CCCCC(CC)CNC(=O)N1C[C@@H](C)[C@H](C(=O)O)C1. The van der Waals surface area contributed by atoms with E-state index in [-0.39, 0.29) is 11.9 Å². The van der Waals surface area contributed by atoms with Gasteiger partial charge in [-0.05, 0) is 18.3 Å². The second-order valence-electron chi connectivity index (χ2n) is 5.93. The minimum Gasteiger partial charge on any atom is -0.481 e. The van der Waals surface area contributed by atoms with E-state index in [1.807, 2.05) is 6.92 Å². The molecule has 0 spiro atoms. The van der Waals surface area contributed by atoms with Gasteiger partial charge in [-0.1, -0.05) is 40.0 Å². The fraction of sp³-hybridized carbons (Fsp3) is 0.867. The van der Waals surface area contributed by atoms with Crippen LogP contribution in [0.15, 0.2) is 0 Å². The summed E-state index contributed by atoms with van der Waals surface area (Å²) in [5.41, 5.74) is 0. The summed E-state index contributed by atoms with van der Waals surface area (Å²) in [6.45, 7) is 7.76. The number of unbranched alkanes of at least 4 members (excludes halogenated alkanes) is 1. The number of amides is 2. The molecule has 0 bridgehead atoms. The first kappa shape index (κ1) is 16.8. The molecule has 1 aliphatic rings. The van der Waals surface area contributed by atoms with Crippen molar-refractivity contribution in [2.24, 2.45) is 17.8 Å². The lowest BCUT2D eigenvalue weighted by molar-refractivity contribution is -0.142. The van der Waals surface area contributed by atoms with E-state index in [9.17, 15) is 9.59 Å². The third-order valence-electron chi connectivity index (χ3n) is 4.30. The van der Waals surface area contributed by atoms with Crippen LogP contribution >= 0.6 is 0 Å². The summed E-state index contributed by atoms with van der Waals surface area (Å²) in [6.07, 6.45) is 4.57. The van der Waals surface area contributed by atoms with Crippen molar-refractivity contribution in [3.8, 4) is 0 Å². The molecular weight excluding hydrogens is 256 g/mol. The fourth-order valence-corrected chi connectivity index (χ4v) is 2.74. The summed E-state index contributed by atoms with van der Waals surface area (Å²) in [6, 6.07) is -0.115. The molecule has 3 atom stereocenters. The van der Waals surface area contributed by atoms with E-state index in [0.29, 0.717) is 25.6 Å². The van der Waals surface area contributed by atoms with Crippen LogP contribution in [0.3, 0.4) is 0 Å². The van der Waals surface area contributed by atoms with E-state index in [2.05, 4.69) is 19.2 Å². The van der Waals surface area contributed by atoms with Crippen LogP contribution in [0.2, 0.25) is 0 Å². The van der Waals surface area contributed by atoms with Crippen molar-refractivity contribution in [3.05, 3.63) is 0 Å². The molecule has 1 saturated heterocycles. The van der Waals surface area contributed by atoms with Gasteiger partial charge in [-0.15, -0.1) is 0 Å². The molecule has 5 heteroatoms. The van der Waals surface area contributed by atoms with Crippen molar-refractivity contribution >= 4 is 12.0 Å². The molecular formula is C15H28N2O3. The highest BCUT2D eigenvalue weighted by Crippen LogP contribution is 2.23. The Morgan fingerprint density at radius 1 is 1.35 bits per heavy atom. The second-order valence-corrected chi connectivity index (χ2v) is 5.93. The van der Waals surface area contributed by atoms with Crippen LogP contribution in [0.4, 0.5) is 4.79 Å². The minimum absolute atomic E-state index is 0.0281. The Bertz CT molecular complexity index is 333. The van der Waals surface area contributed by atoms with Crippen molar-refractivity contribution in [1.82, 2.24) is 10.2 Å². The summed E-state index contributed by atoms with van der Waals surface area (Å²) < 4.78 is 0. The van der Waals surface area contributed by atoms with Gasteiger partial charge >= 0.3 is 12.0 Å². The van der Waals surface area contributed by atoms with Gasteiger partial charge in [0.2, 0.25) is 0 Å². The highest BCUT2D eigenvalue weighted by molar-refractivity contribution is 5.77. The van der Waals surface area contributed by atoms with Crippen LogP contribution in [-0.4, -0.2) is 41.6 Å². The maximum absolute atomic E-state index is 12.1. The van der Waals surface area contributed by atoms with Crippen LogP contribution in [0.1, 0.15) is 46.5 Å². The maximum atomic E-state index is 12.1. The third kappa shape index (κ3) is 4.69. The molecule has 2 N–H and O–H groups in total. The normalized spacial score (nSPS) is 23.6. The lowest BCUT2D eigenvalue weighted by Crippen LogP contribution is -2.41. The summed E-state index contributed by atoms with van der Waals surface area (Å²) in [5.74, 6) is -0.681. The predicted octanol–water partition coefficient (Wildman–Crippen LogP) is 2.56. The number of carbonyl (C=O) groups is 2. The molecule has 20 heavy (non-hydrogen) atoms. The predicted molar refractivity (Wildman–Crippen MR) is 78.6 cm³/mol. The van der Waals surface area contributed by atoms with Gasteiger partial charge in [0.1, 0.15) is 0 Å². The monoisotopic (exact) mass is 284 g/mol. The molecule has 2 amide bonds. The van der Waals surface area contributed by atoms with Crippen LogP contribution in [0.5, 0.6) is 0 Å². The Balaban J connectivity index is 2.38. The number of rotatable bonds is 7. The summed E-state index contributed by atoms with van der Waals surface area (Å²) in [4.78, 5) is 24.8. The molecule has 0 radical (unpaired) electrons. The van der Waals surface area contributed by atoms with E-state index in [0.717, 1.165) is 12.8 Å². The van der Waals surface area contributed by atoms with E-state index >= 15 is 0 Å². The smallest absolute Gasteiger partial charge is 0.317 e. The van der Waals surface area contributed by atoms with Crippen LogP contribution in [-0.2, 0) is 4.79 Å². The Labute approximate surface area is 121 Å². The molecule has 1 aliphatic heterocycles. The topological polar surface area (TPSA) is 69.6 Å². The lowest BCUT2D eigenvalue weighted by atomic mass is 9.99. The number of carbonyl (C=O) groups excluding carboxylic acids is 1. The molecule has 1 fully saturated rings. The largest absolute Gasteiger partial charge is 0.481 e. The molecule has 0 saturated carbocycles. The van der Waals surface area contributed by atoms with Crippen LogP contribution in [0.25, 0.3) is 0 Å². The van der Waals surface area contributed by atoms with Gasteiger partial charge in [0, 0.05) is 19.6 Å². The van der Waals surface area contributed by atoms with Gasteiger partial charge in [0.05, 0.1) is 5.92 Å². The number of hydrogen-bond donors (Lipinski definition) is 2. The van der Waals surface area contributed by atoms with Gasteiger partial charge in [-0.25, -0.2) is 4.79 Å². The highest BCUT2D eigenvalue weighted by Gasteiger charge is 2.36. The number of likely N-dealkylation sites (tertiary alicyclic amines) is 1. The summed E-state index contributed by atoms with van der Waals surface area (Å²) >= 11 is 0. The number of carboxylic acids is 1. The Kier molecular flexibility index (Phi) is 6.82. The second kappa shape index (κ2) is 8.12. The first-order chi connectivity index (χ1) is 9.49. The zero-order valence-electron chi connectivity index (χ0n) is 12.9. The number of hydrogen-bond acceptors (Lipinski definition) is 2. The molecule has 1 rings (SSSR count). The van der Waals surface area contributed by atoms with E-state index in [1.165, 1.54) is 12.8 Å². The summed E-state index contributed by atoms with van der Waals surface area (Å²) in [5, 5.41) is 12.0. The molecule has 0 aromatic heterocycles. The van der Waals surface area contributed by atoms with E-state index in [1.54, 1.807) is 4.90 Å². The van der Waals surface area contributed by atoms with Gasteiger partial charge in [0.15, 0.2) is 0 Å². The summed E-state index contributed by atoms with van der Waals surface area (Å²) in [7, 11) is 0. The van der Waals surface area contributed by atoms with Gasteiger partial charge in [-0.2, -0.15) is 0 Å². The Hall–Kier alpha value is -1.26. The molecule has 1 unspecified atom stereocenters. The van der Waals surface area contributed by atoms with E-state index < -0.39 is 11.9 Å². The number of nitrogens with one attached hydrogen (secondary N) is 1. The quantitative estimate of drug-likeness (QED) is 0.755. The molecule has 0 aliphatic carbocycles. The van der Waals surface area contributed by atoms with Crippen molar-refractivity contribution in [1.29, 1.82) is 0 Å².